The van der Waals surface area contributed by atoms with Gasteiger partial charge in [-0.3, -0.25) is 0 Å². The molecule has 136 valence electrons. The largest absolute Gasteiger partial charge is 0.461 e. The van der Waals surface area contributed by atoms with Crippen LogP contribution >= 0.6 is 23.2 Å². The summed E-state index contributed by atoms with van der Waals surface area (Å²) in [5.74, 6) is 0. The third-order valence-electron chi connectivity index (χ3n) is 4.78. The van der Waals surface area contributed by atoms with Crippen LogP contribution in [0.3, 0.4) is 0 Å². The van der Waals surface area contributed by atoms with Crippen LogP contribution in [0.4, 0.5) is 0 Å². The van der Waals surface area contributed by atoms with Crippen molar-refractivity contribution in [3.05, 3.63) is 51.9 Å². The topological polar surface area (TPSA) is 55.5 Å². The lowest BCUT2D eigenvalue weighted by Gasteiger charge is -2.18. The van der Waals surface area contributed by atoms with Crippen molar-refractivity contribution in [2.45, 2.75) is 25.3 Å². The van der Waals surface area contributed by atoms with Crippen molar-refractivity contribution in [3.8, 4) is 6.01 Å². The molecule has 0 spiro atoms. The highest BCUT2D eigenvalue weighted by Gasteiger charge is 2.22. The lowest BCUT2D eigenvalue weighted by atomic mass is 10.1. The van der Waals surface area contributed by atoms with Gasteiger partial charge in [0.15, 0.2) is 10.8 Å². The van der Waals surface area contributed by atoms with E-state index in [1.54, 1.807) is 10.7 Å². The Morgan fingerprint density at radius 3 is 2.88 bits per heavy atom. The molecule has 1 aliphatic heterocycles. The molecule has 0 unspecified atom stereocenters. The number of fused-ring (bicyclic) bond motifs is 1. The molecule has 6 nitrogen and oxygen atoms in total. The number of hydrogen-bond acceptors (Lipinski definition) is 5. The number of hydrogen-bond donors (Lipinski definition) is 0. The van der Waals surface area contributed by atoms with E-state index in [1.807, 2.05) is 24.3 Å². The minimum atomic E-state index is 0.265. The fraction of sp³-hybridized carbons (Fsp3) is 0.389. The molecule has 1 aromatic carbocycles. The van der Waals surface area contributed by atoms with Gasteiger partial charge in [0.25, 0.3) is 0 Å². The number of likely N-dealkylation sites (tertiary alicyclic amines) is 1. The molecule has 1 aliphatic rings. The normalized spacial score (nSPS) is 17.9. The second-order valence-corrected chi connectivity index (χ2v) is 7.29. The number of rotatable bonds is 5. The summed E-state index contributed by atoms with van der Waals surface area (Å²) in [4.78, 5) is 10.9. The van der Waals surface area contributed by atoms with Crippen molar-refractivity contribution in [3.63, 3.8) is 0 Å². The van der Waals surface area contributed by atoms with Crippen molar-refractivity contribution in [2.24, 2.45) is 0 Å². The molecule has 1 atom stereocenters. The van der Waals surface area contributed by atoms with Crippen LogP contribution in [0.5, 0.6) is 6.01 Å². The summed E-state index contributed by atoms with van der Waals surface area (Å²) in [6, 6.07) is 8.37. The standard InChI is InChI=1S/C18H19Cl2N5O/c1-24-8-4-6-13(24)11-26-18-22-16(20)17-21-10-14(25(17)23-18)9-12-5-2-3-7-15(12)19/h2-3,5,7,10,13H,4,6,8-9,11H2,1H3/t13-/m0/s1. The van der Waals surface area contributed by atoms with E-state index < -0.39 is 0 Å². The van der Waals surface area contributed by atoms with Crippen molar-refractivity contribution in [1.82, 2.24) is 24.5 Å². The minimum absolute atomic E-state index is 0.265. The second kappa shape index (κ2) is 7.39. The van der Waals surface area contributed by atoms with Crippen LogP contribution in [0.15, 0.2) is 30.5 Å². The predicted molar refractivity (Wildman–Crippen MR) is 101 cm³/mol. The van der Waals surface area contributed by atoms with E-state index >= 15 is 0 Å². The van der Waals surface area contributed by atoms with E-state index in [-0.39, 0.29) is 11.2 Å². The van der Waals surface area contributed by atoms with Gasteiger partial charge in [0.05, 0.1) is 11.9 Å². The van der Waals surface area contributed by atoms with Crippen LogP contribution in [-0.4, -0.2) is 50.7 Å². The van der Waals surface area contributed by atoms with Crippen LogP contribution in [-0.2, 0) is 6.42 Å². The molecule has 1 saturated heterocycles. The Bertz CT molecular complexity index is 929. The highest BCUT2D eigenvalue weighted by Crippen LogP contribution is 2.23. The SMILES string of the molecule is CN1CCC[C@H]1COc1nc(Cl)c2ncc(Cc3ccccc3Cl)n2n1. The molecule has 0 N–H and O–H groups in total. The summed E-state index contributed by atoms with van der Waals surface area (Å²) >= 11 is 12.6. The summed E-state index contributed by atoms with van der Waals surface area (Å²) in [5, 5.41) is 5.47. The van der Waals surface area contributed by atoms with Gasteiger partial charge >= 0.3 is 6.01 Å². The molecule has 2 aromatic heterocycles. The maximum atomic E-state index is 6.28. The third kappa shape index (κ3) is 3.49. The Labute approximate surface area is 161 Å². The zero-order chi connectivity index (χ0) is 18.1. The number of benzene rings is 1. The van der Waals surface area contributed by atoms with Gasteiger partial charge in [0.1, 0.15) is 6.61 Å². The maximum Gasteiger partial charge on any atom is 0.335 e. The van der Waals surface area contributed by atoms with Gasteiger partial charge in [0, 0.05) is 17.5 Å². The number of halogens is 2. The molecule has 3 aromatic rings. The van der Waals surface area contributed by atoms with E-state index in [2.05, 4.69) is 27.0 Å². The summed E-state index contributed by atoms with van der Waals surface area (Å²) in [6.45, 7) is 1.64. The van der Waals surface area contributed by atoms with E-state index in [4.69, 9.17) is 27.9 Å². The van der Waals surface area contributed by atoms with E-state index in [9.17, 15) is 0 Å². The molecule has 0 radical (unpaired) electrons. The van der Waals surface area contributed by atoms with Crippen LogP contribution in [0.25, 0.3) is 5.65 Å². The van der Waals surface area contributed by atoms with Crippen LogP contribution in [0.2, 0.25) is 10.2 Å². The van der Waals surface area contributed by atoms with Gasteiger partial charge < -0.3 is 9.64 Å². The highest BCUT2D eigenvalue weighted by molar-refractivity contribution is 6.32. The molecule has 3 heterocycles. The lowest BCUT2D eigenvalue weighted by Crippen LogP contribution is -2.31. The molecule has 0 bridgehead atoms. The van der Waals surface area contributed by atoms with Crippen molar-refractivity contribution < 1.29 is 4.74 Å². The van der Waals surface area contributed by atoms with Crippen molar-refractivity contribution in [2.75, 3.05) is 20.2 Å². The van der Waals surface area contributed by atoms with E-state index in [0.29, 0.717) is 29.7 Å². The molecule has 0 aliphatic carbocycles. The molecule has 0 saturated carbocycles. The van der Waals surface area contributed by atoms with Crippen molar-refractivity contribution >= 4 is 28.8 Å². The fourth-order valence-corrected chi connectivity index (χ4v) is 3.66. The van der Waals surface area contributed by atoms with Gasteiger partial charge in [-0.15, -0.1) is 5.10 Å². The van der Waals surface area contributed by atoms with Crippen LogP contribution in [0.1, 0.15) is 24.1 Å². The van der Waals surface area contributed by atoms with Gasteiger partial charge in [-0.1, -0.05) is 41.4 Å². The lowest BCUT2D eigenvalue weighted by molar-refractivity contribution is 0.185. The van der Waals surface area contributed by atoms with E-state index in [1.165, 1.54) is 6.42 Å². The van der Waals surface area contributed by atoms with Crippen molar-refractivity contribution in [1.29, 1.82) is 0 Å². The Hall–Kier alpha value is -1.89. The quantitative estimate of drug-likeness (QED) is 0.665. The number of aromatic nitrogens is 4. The summed E-state index contributed by atoms with van der Waals surface area (Å²) in [6.07, 6.45) is 4.65. The monoisotopic (exact) mass is 391 g/mol. The summed E-state index contributed by atoms with van der Waals surface area (Å²) in [7, 11) is 2.11. The zero-order valence-electron chi connectivity index (χ0n) is 14.4. The highest BCUT2D eigenvalue weighted by atomic mass is 35.5. The average Bonchev–Trinajstić information content (AvgIpc) is 3.22. The van der Waals surface area contributed by atoms with Gasteiger partial charge in [-0.25, -0.2) is 9.50 Å². The third-order valence-corrected chi connectivity index (χ3v) is 5.40. The molecule has 1 fully saturated rings. The van der Waals surface area contributed by atoms with Gasteiger partial charge in [-0.2, -0.15) is 4.98 Å². The second-order valence-electron chi connectivity index (χ2n) is 6.53. The first kappa shape index (κ1) is 17.5. The Morgan fingerprint density at radius 2 is 2.12 bits per heavy atom. The average molecular weight is 392 g/mol. The first-order valence-corrected chi connectivity index (χ1v) is 9.34. The first-order valence-electron chi connectivity index (χ1n) is 8.58. The minimum Gasteiger partial charge on any atom is -0.461 e. The summed E-state index contributed by atoms with van der Waals surface area (Å²) < 4.78 is 7.51. The number of ether oxygens (including phenoxy) is 1. The molecule has 8 heteroatoms. The first-order chi connectivity index (χ1) is 12.6. The number of imidazole rings is 1. The predicted octanol–water partition coefficient (Wildman–Crippen LogP) is 3.49. The Morgan fingerprint density at radius 1 is 1.27 bits per heavy atom. The van der Waals surface area contributed by atoms with Gasteiger partial charge in [0.2, 0.25) is 0 Å². The zero-order valence-corrected chi connectivity index (χ0v) is 15.9. The molecule has 26 heavy (non-hydrogen) atoms. The Balaban J connectivity index is 1.59. The molecular formula is C18H19Cl2N5O. The van der Waals surface area contributed by atoms with E-state index in [0.717, 1.165) is 24.2 Å². The van der Waals surface area contributed by atoms with Gasteiger partial charge in [-0.05, 0) is 38.1 Å². The molecule has 4 rings (SSSR count). The maximum absolute atomic E-state index is 6.28. The van der Waals surface area contributed by atoms with Crippen LogP contribution in [0, 0.1) is 0 Å². The fourth-order valence-electron chi connectivity index (χ4n) is 3.25. The Kier molecular flexibility index (Phi) is 4.98. The number of nitrogens with zero attached hydrogens (tertiary/aromatic N) is 5. The number of likely N-dealkylation sites (N-methyl/N-ethyl adjacent to an activating group) is 1. The molecular weight excluding hydrogens is 373 g/mol. The molecule has 0 amide bonds. The van der Waals surface area contributed by atoms with Crippen LogP contribution < -0.4 is 4.74 Å². The summed E-state index contributed by atoms with van der Waals surface area (Å²) in [5.41, 5.74) is 2.39. The smallest absolute Gasteiger partial charge is 0.335 e.